The van der Waals surface area contributed by atoms with E-state index in [1.807, 2.05) is 0 Å². The number of hydrogen-bond donors (Lipinski definition) is 1. The summed E-state index contributed by atoms with van der Waals surface area (Å²) in [4.78, 5) is 2.41. The van der Waals surface area contributed by atoms with Gasteiger partial charge in [0.1, 0.15) is 0 Å². The van der Waals surface area contributed by atoms with E-state index in [1.54, 1.807) is 0 Å². The lowest BCUT2D eigenvalue weighted by Crippen LogP contribution is -2.58. The molecule has 14 heavy (non-hydrogen) atoms. The van der Waals surface area contributed by atoms with Gasteiger partial charge in [-0.05, 0) is 5.56 Å². The van der Waals surface area contributed by atoms with E-state index in [4.69, 9.17) is 5.73 Å². The molecule has 1 fully saturated rings. The molecule has 0 radical (unpaired) electrons. The van der Waals surface area contributed by atoms with Crippen molar-refractivity contribution in [2.24, 2.45) is 5.73 Å². The van der Waals surface area contributed by atoms with Crippen molar-refractivity contribution in [2.45, 2.75) is 12.3 Å². The number of hydrogen-bond acceptors (Lipinski definition) is 2. The van der Waals surface area contributed by atoms with Crippen LogP contribution in [0.3, 0.4) is 0 Å². The molecule has 2 nitrogen and oxygen atoms in total. The van der Waals surface area contributed by atoms with Gasteiger partial charge in [-0.3, -0.25) is 0 Å². The minimum atomic E-state index is 0.358. The summed E-state index contributed by atoms with van der Waals surface area (Å²) in [6.07, 6.45) is 0. The van der Waals surface area contributed by atoms with Crippen LogP contribution in [0.2, 0.25) is 0 Å². The van der Waals surface area contributed by atoms with Crippen LogP contribution in [0.1, 0.15) is 12.5 Å². The van der Waals surface area contributed by atoms with E-state index in [0.717, 1.165) is 26.2 Å². The summed E-state index contributed by atoms with van der Waals surface area (Å²) >= 11 is 0. The molecule has 0 unspecified atom stereocenters. The highest BCUT2D eigenvalue weighted by Crippen LogP contribution is 2.33. The molecule has 0 atom stereocenters. The normalized spacial score (nSPS) is 20.4. The predicted octanol–water partition coefficient (Wildman–Crippen LogP) is 1.22. The first-order valence-electron chi connectivity index (χ1n) is 5.22. The minimum absolute atomic E-state index is 0.358. The molecule has 2 N–H and O–H groups in total. The molecule has 1 saturated heterocycles. The third-order valence-electron chi connectivity index (χ3n) is 3.06. The van der Waals surface area contributed by atoms with Crippen molar-refractivity contribution < 1.29 is 0 Å². The Morgan fingerprint density at radius 2 is 1.93 bits per heavy atom. The summed E-state index contributed by atoms with van der Waals surface area (Å²) in [7, 11) is 0. The quantitative estimate of drug-likeness (QED) is 0.776. The summed E-state index contributed by atoms with van der Waals surface area (Å²) in [5.74, 6) is 0. The van der Waals surface area contributed by atoms with Gasteiger partial charge < -0.3 is 10.6 Å². The second-order valence-corrected chi connectivity index (χ2v) is 4.43. The summed E-state index contributed by atoms with van der Waals surface area (Å²) in [6.45, 7) is 6.42. The molecule has 0 saturated carbocycles. The van der Waals surface area contributed by atoms with E-state index in [1.165, 1.54) is 5.56 Å². The van der Waals surface area contributed by atoms with Gasteiger partial charge in [0.05, 0.1) is 0 Å². The van der Waals surface area contributed by atoms with E-state index in [9.17, 15) is 0 Å². The molecule has 2 heteroatoms. The number of rotatable bonds is 3. The molecule has 1 aromatic carbocycles. The molecule has 1 aliphatic rings. The number of nitrogens with two attached hydrogens (primary N) is 1. The average Bonchev–Trinajstić information content (AvgIpc) is 2.17. The third kappa shape index (κ3) is 1.68. The Morgan fingerprint density at radius 1 is 1.29 bits per heavy atom. The molecule has 1 aromatic rings. The van der Waals surface area contributed by atoms with Crippen molar-refractivity contribution in [3.63, 3.8) is 0 Å². The Kier molecular flexibility index (Phi) is 2.57. The van der Waals surface area contributed by atoms with Gasteiger partial charge in [0.2, 0.25) is 0 Å². The van der Waals surface area contributed by atoms with Crippen LogP contribution >= 0.6 is 0 Å². The standard InChI is InChI=1S/C12H18N2/c1-12(9-14(10-12)8-7-13)11-5-3-2-4-6-11/h2-6H,7-10,13H2,1H3. The highest BCUT2D eigenvalue weighted by Gasteiger charge is 2.39. The Morgan fingerprint density at radius 3 is 2.50 bits per heavy atom. The summed E-state index contributed by atoms with van der Waals surface area (Å²) in [6, 6.07) is 10.8. The van der Waals surface area contributed by atoms with Gasteiger partial charge in [-0.25, -0.2) is 0 Å². The highest BCUT2D eigenvalue weighted by atomic mass is 15.2. The van der Waals surface area contributed by atoms with Crippen molar-refractivity contribution in [3.05, 3.63) is 35.9 Å². The Hall–Kier alpha value is -0.860. The number of likely N-dealkylation sites (tertiary alicyclic amines) is 1. The number of nitrogens with zero attached hydrogens (tertiary/aromatic N) is 1. The molecule has 0 aliphatic carbocycles. The van der Waals surface area contributed by atoms with Crippen molar-refractivity contribution >= 4 is 0 Å². The maximum atomic E-state index is 5.52. The predicted molar refractivity (Wildman–Crippen MR) is 59.3 cm³/mol. The van der Waals surface area contributed by atoms with Gasteiger partial charge in [0.15, 0.2) is 0 Å². The molecule has 2 rings (SSSR count). The third-order valence-corrected chi connectivity index (χ3v) is 3.06. The zero-order valence-electron chi connectivity index (χ0n) is 8.74. The Bertz CT molecular complexity index is 288. The SMILES string of the molecule is CC1(c2ccccc2)CN(CCN)C1. The zero-order chi connectivity index (χ0) is 10.0. The van der Waals surface area contributed by atoms with Gasteiger partial charge in [-0.1, -0.05) is 37.3 Å². The van der Waals surface area contributed by atoms with Crippen LogP contribution in [-0.4, -0.2) is 31.1 Å². The number of benzene rings is 1. The van der Waals surface area contributed by atoms with Crippen LogP contribution in [0.25, 0.3) is 0 Å². The molecule has 0 bridgehead atoms. The molecular formula is C12H18N2. The second kappa shape index (κ2) is 3.71. The van der Waals surface area contributed by atoms with Crippen LogP contribution in [0, 0.1) is 0 Å². The van der Waals surface area contributed by atoms with E-state index in [-0.39, 0.29) is 0 Å². The topological polar surface area (TPSA) is 29.3 Å². The largest absolute Gasteiger partial charge is 0.329 e. The second-order valence-electron chi connectivity index (χ2n) is 4.43. The highest BCUT2D eigenvalue weighted by molar-refractivity contribution is 5.28. The zero-order valence-corrected chi connectivity index (χ0v) is 8.74. The lowest BCUT2D eigenvalue weighted by molar-refractivity contribution is 0.0818. The van der Waals surface area contributed by atoms with Crippen molar-refractivity contribution in [2.75, 3.05) is 26.2 Å². The molecule has 0 aromatic heterocycles. The van der Waals surface area contributed by atoms with Gasteiger partial charge in [0, 0.05) is 31.6 Å². The van der Waals surface area contributed by atoms with Crippen LogP contribution in [0.5, 0.6) is 0 Å². The summed E-state index contributed by atoms with van der Waals surface area (Å²) < 4.78 is 0. The van der Waals surface area contributed by atoms with Gasteiger partial charge in [-0.15, -0.1) is 0 Å². The van der Waals surface area contributed by atoms with Gasteiger partial charge in [0.25, 0.3) is 0 Å². The van der Waals surface area contributed by atoms with Crippen LogP contribution in [-0.2, 0) is 5.41 Å². The average molecular weight is 190 g/mol. The lowest BCUT2D eigenvalue weighted by Gasteiger charge is -2.48. The monoisotopic (exact) mass is 190 g/mol. The molecule has 76 valence electrons. The van der Waals surface area contributed by atoms with E-state index in [2.05, 4.69) is 42.2 Å². The molecule has 1 aliphatic heterocycles. The molecular weight excluding hydrogens is 172 g/mol. The van der Waals surface area contributed by atoms with Crippen molar-refractivity contribution in [1.82, 2.24) is 4.90 Å². The van der Waals surface area contributed by atoms with Crippen molar-refractivity contribution in [1.29, 1.82) is 0 Å². The first-order chi connectivity index (χ1) is 6.74. The minimum Gasteiger partial charge on any atom is -0.329 e. The fraction of sp³-hybridized carbons (Fsp3) is 0.500. The maximum Gasteiger partial charge on any atom is 0.0179 e. The molecule has 1 heterocycles. The summed E-state index contributed by atoms with van der Waals surface area (Å²) in [5, 5.41) is 0. The van der Waals surface area contributed by atoms with Gasteiger partial charge >= 0.3 is 0 Å². The first-order valence-corrected chi connectivity index (χ1v) is 5.22. The Labute approximate surface area is 85.7 Å². The fourth-order valence-electron chi connectivity index (χ4n) is 2.30. The van der Waals surface area contributed by atoms with Crippen LogP contribution in [0.15, 0.2) is 30.3 Å². The molecule has 0 spiro atoms. The first kappa shape index (κ1) is 9.69. The Balaban J connectivity index is 2.01. The van der Waals surface area contributed by atoms with Gasteiger partial charge in [-0.2, -0.15) is 0 Å². The van der Waals surface area contributed by atoms with Crippen LogP contribution < -0.4 is 5.73 Å². The maximum absolute atomic E-state index is 5.52. The van der Waals surface area contributed by atoms with Crippen LogP contribution in [0.4, 0.5) is 0 Å². The lowest BCUT2D eigenvalue weighted by atomic mass is 9.75. The van der Waals surface area contributed by atoms with Crippen molar-refractivity contribution in [3.8, 4) is 0 Å². The summed E-state index contributed by atoms with van der Waals surface area (Å²) in [5.41, 5.74) is 7.33. The van der Waals surface area contributed by atoms with E-state index >= 15 is 0 Å². The molecule has 0 amide bonds. The van der Waals surface area contributed by atoms with E-state index in [0.29, 0.717) is 5.41 Å². The van der Waals surface area contributed by atoms with E-state index < -0.39 is 0 Å². The fourth-order valence-corrected chi connectivity index (χ4v) is 2.30. The smallest absolute Gasteiger partial charge is 0.0179 e.